The fourth-order valence-electron chi connectivity index (χ4n) is 2.24. The van der Waals surface area contributed by atoms with Gasteiger partial charge in [0.25, 0.3) is 5.56 Å². The van der Waals surface area contributed by atoms with Crippen molar-refractivity contribution >= 4 is 23.2 Å². The van der Waals surface area contributed by atoms with E-state index in [9.17, 15) is 9.90 Å². The highest BCUT2D eigenvalue weighted by molar-refractivity contribution is 5.76. The first-order valence-corrected chi connectivity index (χ1v) is 7.30. The van der Waals surface area contributed by atoms with Crippen molar-refractivity contribution in [3.63, 3.8) is 0 Å². The quantitative estimate of drug-likeness (QED) is 0.776. The van der Waals surface area contributed by atoms with Crippen LogP contribution in [0.2, 0.25) is 0 Å². The Bertz CT molecular complexity index is 929. The molecule has 3 rings (SSSR count). The molecular formula is C18H16N2O3. The smallest absolute Gasteiger partial charge is 0.274 e. The molecule has 1 aromatic heterocycles. The van der Waals surface area contributed by atoms with E-state index in [4.69, 9.17) is 4.74 Å². The SMILES string of the molecule is CCOc1cc(/C=C/c2nc3ccccc3[nH]c2=O)ccc1O. The normalized spacial score (nSPS) is 11.2. The van der Waals surface area contributed by atoms with Crippen LogP contribution in [0.3, 0.4) is 0 Å². The fraction of sp³-hybridized carbons (Fsp3) is 0.111. The summed E-state index contributed by atoms with van der Waals surface area (Å²) in [6, 6.07) is 12.4. The second-order valence-electron chi connectivity index (χ2n) is 4.96. The Balaban J connectivity index is 1.95. The highest BCUT2D eigenvalue weighted by Crippen LogP contribution is 2.27. The van der Waals surface area contributed by atoms with Crippen LogP contribution in [0.5, 0.6) is 11.5 Å². The molecule has 0 fully saturated rings. The van der Waals surface area contributed by atoms with Gasteiger partial charge in [-0.25, -0.2) is 4.98 Å². The van der Waals surface area contributed by atoms with Crippen LogP contribution < -0.4 is 10.3 Å². The van der Waals surface area contributed by atoms with E-state index in [2.05, 4.69) is 9.97 Å². The van der Waals surface area contributed by atoms with Gasteiger partial charge in [0.05, 0.1) is 17.6 Å². The molecule has 2 aromatic carbocycles. The molecule has 0 aliphatic heterocycles. The van der Waals surface area contributed by atoms with Gasteiger partial charge in [-0.15, -0.1) is 0 Å². The Morgan fingerprint density at radius 2 is 2.04 bits per heavy atom. The maximum Gasteiger partial charge on any atom is 0.274 e. The zero-order valence-electron chi connectivity index (χ0n) is 12.6. The van der Waals surface area contributed by atoms with Gasteiger partial charge in [-0.1, -0.05) is 24.3 Å². The third kappa shape index (κ3) is 3.23. The average molecular weight is 308 g/mol. The van der Waals surface area contributed by atoms with E-state index in [1.807, 2.05) is 31.2 Å². The Kier molecular flexibility index (Phi) is 4.10. The summed E-state index contributed by atoms with van der Waals surface area (Å²) in [4.78, 5) is 19.2. The first-order chi connectivity index (χ1) is 11.2. The number of ether oxygens (including phenoxy) is 1. The Morgan fingerprint density at radius 1 is 1.22 bits per heavy atom. The summed E-state index contributed by atoms with van der Waals surface area (Å²) >= 11 is 0. The van der Waals surface area contributed by atoms with Crippen molar-refractivity contribution in [3.8, 4) is 11.5 Å². The van der Waals surface area contributed by atoms with Crippen molar-refractivity contribution in [1.29, 1.82) is 0 Å². The number of aromatic amines is 1. The largest absolute Gasteiger partial charge is 0.504 e. The standard InChI is InChI=1S/C18H16N2O3/c1-2-23-17-11-12(8-10-16(17)21)7-9-15-18(22)20-14-6-4-3-5-13(14)19-15/h3-11,21H,2H2,1H3,(H,20,22)/b9-7+. The van der Waals surface area contributed by atoms with Gasteiger partial charge in [0, 0.05) is 0 Å². The molecule has 0 amide bonds. The van der Waals surface area contributed by atoms with Crippen LogP contribution in [-0.2, 0) is 0 Å². The molecule has 0 saturated heterocycles. The van der Waals surface area contributed by atoms with Crippen LogP contribution >= 0.6 is 0 Å². The van der Waals surface area contributed by atoms with Crippen LogP contribution in [0.1, 0.15) is 18.2 Å². The lowest BCUT2D eigenvalue weighted by Gasteiger charge is -2.06. The van der Waals surface area contributed by atoms with Crippen LogP contribution in [0.25, 0.3) is 23.2 Å². The summed E-state index contributed by atoms with van der Waals surface area (Å²) in [5, 5.41) is 9.70. The van der Waals surface area contributed by atoms with E-state index < -0.39 is 0 Å². The monoisotopic (exact) mass is 308 g/mol. The van der Waals surface area contributed by atoms with E-state index in [1.54, 1.807) is 30.4 Å². The van der Waals surface area contributed by atoms with Crippen molar-refractivity contribution in [1.82, 2.24) is 9.97 Å². The molecule has 116 valence electrons. The van der Waals surface area contributed by atoms with Gasteiger partial charge in [0.2, 0.25) is 0 Å². The predicted octanol–water partition coefficient (Wildman–Crippen LogP) is 3.20. The molecule has 0 spiro atoms. The van der Waals surface area contributed by atoms with Gasteiger partial charge in [0.1, 0.15) is 5.69 Å². The van der Waals surface area contributed by atoms with Crippen molar-refractivity contribution in [2.45, 2.75) is 6.92 Å². The lowest BCUT2D eigenvalue weighted by molar-refractivity contribution is 0.318. The molecule has 0 atom stereocenters. The maximum atomic E-state index is 12.0. The summed E-state index contributed by atoms with van der Waals surface area (Å²) in [7, 11) is 0. The molecule has 1 heterocycles. The Labute approximate surface area is 132 Å². The number of rotatable bonds is 4. The van der Waals surface area contributed by atoms with E-state index >= 15 is 0 Å². The van der Waals surface area contributed by atoms with Crippen molar-refractivity contribution in [2.75, 3.05) is 6.61 Å². The number of nitrogens with one attached hydrogen (secondary N) is 1. The van der Waals surface area contributed by atoms with Crippen LogP contribution in [0.4, 0.5) is 0 Å². The van der Waals surface area contributed by atoms with Gasteiger partial charge in [0.15, 0.2) is 11.5 Å². The van der Waals surface area contributed by atoms with Gasteiger partial charge >= 0.3 is 0 Å². The maximum absolute atomic E-state index is 12.0. The number of phenols is 1. The number of phenolic OH excluding ortho intramolecular Hbond substituents is 1. The number of fused-ring (bicyclic) bond motifs is 1. The van der Waals surface area contributed by atoms with Gasteiger partial charge in [-0.05, 0) is 42.8 Å². The zero-order chi connectivity index (χ0) is 16.2. The molecular weight excluding hydrogens is 292 g/mol. The Morgan fingerprint density at radius 3 is 2.87 bits per heavy atom. The fourth-order valence-corrected chi connectivity index (χ4v) is 2.24. The van der Waals surface area contributed by atoms with Gasteiger partial charge in [-0.3, -0.25) is 4.79 Å². The average Bonchev–Trinajstić information content (AvgIpc) is 2.56. The summed E-state index contributed by atoms with van der Waals surface area (Å²) in [5.74, 6) is 0.501. The molecule has 0 unspecified atom stereocenters. The van der Waals surface area contributed by atoms with Crippen molar-refractivity contribution < 1.29 is 9.84 Å². The third-order valence-corrected chi connectivity index (χ3v) is 3.34. The van der Waals surface area contributed by atoms with E-state index in [-0.39, 0.29) is 11.3 Å². The van der Waals surface area contributed by atoms with E-state index in [0.29, 0.717) is 23.6 Å². The van der Waals surface area contributed by atoms with Crippen LogP contribution in [0.15, 0.2) is 47.3 Å². The van der Waals surface area contributed by atoms with Crippen molar-refractivity contribution in [3.05, 3.63) is 64.1 Å². The van der Waals surface area contributed by atoms with E-state index in [1.165, 1.54) is 0 Å². The molecule has 0 aliphatic carbocycles. The lowest BCUT2D eigenvalue weighted by Crippen LogP contribution is -2.11. The molecule has 3 aromatic rings. The highest BCUT2D eigenvalue weighted by atomic mass is 16.5. The molecule has 0 saturated carbocycles. The first-order valence-electron chi connectivity index (χ1n) is 7.30. The number of H-pyrrole nitrogens is 1. The molecule has 5 heteroatoms. The minimum atomic E-state index is -0.247. The number of aromatic nitrogens is 2. The highest BCUT2D eigenvalue weighted by Gasteiger charge is 2.03. The van der Waals surface area contributed by atoms with Crippen LogP contribution in [0, 0.1) is 0 Å². The minimum Gasteiger partial charge on any atom is -0.504 e. The van der Waals surface area contributed by atoms with Gasteiger partial charge in [-0.2, -0.15) is 0 Å². The third-order valence-electron chi connectivity index (χ3n) is 3.34. The topological polar surface area (TPSA) is 75.2 Å². The molecule has 0 aliphatic rings. The lowest BCUT2D eigenvalue weighted by atomic mass is 10.1. The summed E-state index contributed by atoms with van der Waals surface area (Å²) < 4.78 is 5.34. The van der Waals surface area contributed by atoms with E-state index in [0.717, 1.165) is 11.1 Å². The molecule has 5 nitrogen and oxygen atoms in total. The first kappa shape index (κ1) is 14.8. The van der Waals surface area contributed by atoms with Crippen molar-refractivity contribution in [2.24, 2.45) is 0 Å². The molecule has 0 bridgehead atoms. The molecule has 2 N–H and O–H groups in total. The number of benzene rings is 2. The summed E-state index contributed by atoms with van der Waals surface area (Å²) in [6.45, 7) is 2.31. The number of para-hydroxylation sites is 2. The number of hydrogen-bond acceptors (Lipinski definition) is 4. The van der Waals surface area contributed by atoms with Gasteiger partial charge < -0.3 is 14.8 Å². The predicted molar refractivity (Wildman–Crippen MR) is 90.6 cm³/mol. The second-order valence-corrected chi connectivity index (χ2v) is 4.96. The second kappa shape index (κ2) is 6.36. The Hall–Kier alpha value is -3.08. The number of nitrogens with zero attached hydrogens (tertiary/aromatic N) is 1. The minimum absolute atomic E-state index is 0.0886. The zero-order valence-corrected chi connectivity index (χ0v) is 12.6. The molecule has 23 heavy (non-hydrogen) atoms. The summed E-state index contributed by atoms with van der Waals surface area (Å²) in [5.41, 5.74) is 2.32. The number of hydrogen-bond donors (Lipinski definition) is 2. The molecule has 0 radical (unpaired) electrons. The van der Waals surface area contributed by atoms with Crippen LogP contribution in [-0.4, -0.2) is 21.7 Å². The number of aromatic hydroxyl groups is 1. The summed E-state index contributed by atoms with van der Waals surface area (Å²) in [6.07, 6.45) is 3.40.